The van der Waals surface area contributed by atoms with E-state index in [1.165, 1.54) is 16.8 Å². The molecule has 2 rings (SSSR count). The SMILES string of the molecule is Nc1ccn([C@H]2CS(=O)[C@@H](CO)O2)c(=O)n1. The fraction of sp³-hybridized carbons (Fsp3) is 0.500. The minimum absolute atomic E-state index is 0.124. The van der Waals surface area contributed by atoms with Gasteiger partial charge in [0, 0.05) is 6.20 Å². The predicted molar refractivity (Wildman–Crippen MR) is 56.9 cm³/mol. The molecule has 8 heteroatoms. The molecule has 1 aliphatic rings. The summed E-state index contributed by atoms with van der Waals surface area (Å²) in [5.41, 5.74) is 4.05. The van der Waals surface area contributed by atoms with E-state index in [-0.39, 0.29) is 18.2 Å². The number of anilines is 1. The molecule has 1 saturated heterocycles. The third-order valence-corrected chi connectivity index (χ3v) is 3.68. The van der Waals surface area contributed by atoms with Crippen LogP contribution in [0.25, 0.3) is 0 Å². The van der Waals surface area contributed by atoms with Gasteiger partial charge in [0.2, 0.25) is 0 Å². The molecule has 1 fully saturated rings. The van der Waals surface area contributed by atoms with Crippen molar-refractivity contribution in [3.05, 3.63) is 22.7 Å². The molecule has 1 aromatic heterocycles. The zero-order valence-electron chi connectivity index (χ0n) is 8.28. The summed E-state index contributed by atoms with van der Waals surface area (Å²) in [6, 6.07) is 1.46. The van der Waals surface area contributed by atoms with Crippen LogP contribution in [0.1, 0.15) is 6.23 Å². The Hall–Kier alpha value is -1.25. The van der Waals surface area contributed by atoms with Crippen LogP contribution in [0.5, 0.6) is 0 Å². The van der Waals surface area contributed by atoms with Crippen LogP contribution in [0.15, 0.2) is 17.1 Å². The van der Waals surface area contributed by atoms with Crippen molar-refractivity contribution in [1.82, 2.24) is 9.55 Å². The third kappa shape index (κ3) is 1.99. The largest absolute Gasteiger partial charge is 0.393 e. The molecule has 1 aliphatic heterocycles. The summed E-state index contributed by atoms with van der Waals surface area (Å²) in [5.74, 6) is 0.288. The second kappa shape index (κ2) is 4.32. The van der Waals surface area contributed by atoms with E-state index in [1.807, 2.05) is 0 Å². The summed E-state index contributed by atoms with van der Waals surface area (Å²) in [5, 5.41) is 8.87. The van der Waals surface area contributed by atoms with Crippen LogP contribution in [-0.4, -0.2) is 36.7 Å². The summed E-state index contributed by atoms with van der Waals surface area (Å²) in [7, 11) is -1.30. The molecule has 1 unspecified atom stereocenters. The van der Waals surface area contributed by atoms with Crippen LogP contribution in [0.2, 0.25) is 0 Å². The van der Waals surface area contributed by atoms with Crippen molar-refractivity contribution in [3.63, 3.8) is 0 Å². The second-order valence-electron chi connectivity index (χ2n) is 3.29. The Kier molecular flexibility index (Phi) is 3.03. The zero-order chi connectivity index (χ0) is 11.7. The molecule has 0 bridgehead atoms. The van der Waals surface area contributed by atoms with Crippen LogP contribution >= 0.6 is 0 Å². The van der Waals surface area contributed by atoms with Crippen molar-refractivity contribution >= 4 is 16.6 Å². The van der Waals surface area contributed by atoms with Gasteiger partial charge in [0.1, 0.15) is 5.82 Å². The van der Waals surface area contributed by atoms with E-state index in [0.29, 0.717) is 0 Å². The molecule has 0 radical (unpaired) electrons. The van der Waals surface area contributed by atoms with Crippen LogP contribution in [0, 0.1) is 0 Å². The predicted octanol–water partition coefficient (Wildman–Crippen LogP) is -1.58. The van der Waals surface area contributed by atoms with Crippen molar-refractivity contribution in [3.8, 4) is 0 Å². The first-order valence-electron chi connectivity index (χ1n) is 4.60. The fourth-order valence-corrected chi connectivity index (χ4v) is 2.59. The Morgan fingerprint density at radius 1 is 1.75 bits per heavy atom. The molecule has 0 spiro atoms. The molecule has 3 atom stereocenters. The topological polar surface area (TPSA) is 107 Å². The number of hydrogen-bond donors (Lipinski definition) is 2. The van der Waals surface area contributed by atoms with Crippen LogP contribution < -0.4 is 11.4 Å². The monoisotopic (exact) mass is 245 g/mol. The van der Waals surface area contributed by atoms with Crippen molar-refractivity contribution in [2.24, 2.45) is 0 Å². The molecular formula is C8H11N3O4S. The van der Waals surface area contributed by atoms with Gasteiger partial charge in [-0.25, -0.2) is 4.79 Å². The lowest BCUT2D eigenvalue weighted by molar-refractivity contribution is -0.00702. The smallest absolute Gasteiger partial charge is 0.351 e. The number of nitrogen functional groups attached to an aromatic ring is 1. The quantitative estimate of drug-likeness (QED) is 0.651. The van der Waals surface area contributed by atoms with E-state index in [4.69, 9.17) is 15.6 Å². The number of nitrogens with two attached hydrogens (primary N) is 1. The number of rotatable bonds is 2. The summed E-state index contributed by atoms with van der Waals surface area (Å²) >= 11 is 0. The van der Waals surface area contributed by atoms with E-state index >= 15 is 0 Å². The van der Waals surface area contributed by atoms with E-state index in [1.54, 1.807) is 0 Å². The Bertz CT molecular complexity index is 475. The Morgan fingerprint density at radius 2 is 2.50 bits per heavy atom. The van der Waals surface area contributed by atoms with Crippen molar-refractivity contribution in [1.29, 1.82) is 0 Å². The van der Waals surface area contributed by atoms with Gasteiger partial charge >= 0.3 is 5.69 Å². The van der Waals surface area contributed by atoms with Gasteiger partial charge in [-0.1, -0.05) is 0 Å². The average Bonchev–Trinajstić information content (AvgIpc) is 2.59. The van der Waals surface area contributed by atoms with E-state index in [9.17, 15) is 9.00 Å². The molecule has 88 valence electrons. The molecule has 1 aromatic rings. The molecule has 0 aliphatic carbocycles. The second-order valence-corrected chi connectivity index (χ2v) is 4.91. The number of nitrogens with zero attached hydrogens (tertiary/aromatic N) is 2. The Morgan fingerprint density at radius 3 is 3.06 bits per heavy atom. The van der Waals surface area contributed by atoms with Gasteiger partial charge in [0.05, 0.1) is 23.2 Å². The lowest BCUT2D eigenvalue weighted by Gasteiger charge is -2.12. The maximum absolute atomic E-state index is 11.5. The number of aliphatic hydroxyl groups excluding tert-OH is 1. The van der Waals surface area contributed by atoms with E-state index in [2.05, 4.69) is 4.98 Å². The molecular weight excluding hydrogens is 234 g/mol. The molecule has 0 saturated carbocycles. The number of aliphatic hydroxyl groups is 1. The van der Waals surface area contributed by atoms with Crippen molar-refractivity contribution in [2.45, 2.75) is 11.7 Å². The number of hydrogen-bond acceptors (Lipinski definition) is 6. The minimum atomic E-state index is -1.30. The van der Waals surface area contributed by atoms with Gasteiger partial charge in [0.15, 0.2) is 11.7 Å². The first-order chi connectivity index (χ1) is 7.61. The van der Waals surface area contributed by atoms with Gasteiger partial charge in [-0.15, -0.1) is 0 Å². The van der Waals surface area contributed by atoms with Crippen molar-refractivity contribution in [2.75, 3.05) is 18.1 Å². The highest BCUT2D eigenvalue weighted by Crippen LogP contribution is 2.22. The van der Waals surface area contributed by atoms with Crippen LogP contribution in [-0.2, 0) is 15.5 Å². The summed E-state index contributed by atoms with van der Waals surface area (Å²) in [4.78, 5) is 15.0. The summed E-state index contributed by atoms with van der Waals surface area (Å²) in [6.07, 6.45) is 0.783. The standard InChI is InChI=1S/C8H11N3O4S/c9-5-1-2-11(8(13)10-5)6-4-16(14)7(3-12)15-6/h1-2,6-7,12H,3-4H2,(H2,9,10,13)/t6-,7+,16?/m1/s1. The normalized spacial score (nSPS) is 29.4. The molecule has 3 N–H and O–H groups in total. The van der Waals surface area contributed by atoms with Gasteiger partial charge in [-0.2, -0.15) is 4.98 Å². The van der Waals surface area contributed by atoms with Crippen molar-refractivity contribution < 1.29 is 14.1 Å². The molecule has 0 aromatic carbocycles. The van der Waals surface area contributed by atoms with E-state index in [0.717, 1.165) is 0 Å². The highest BCUT2D eigenvalue weighted by atomic mass is 32.2. The van der Waals surface area contributed by atoms with E-state index < -0.39 is 28.2 Å². The summed E-state index contributed by atoms with van der Waals surface area (Å²) < 4.78 is 17.9. The highest BCUT2D eigenvalue weighted by Gasteiger charge is 2.33. The third-order valence-electron chi connectivity index (χ3n) is 2.22. The molecule has 16 heavy (non-hydrogen) atoms. The van der Waals surface area contributed by atoms with Crippen LogP contribution in [0.4, 0.5) is 5.82 Å². The van der Waals surface area contributed by atoms with Crippen LogP contribution in [0.3, 0.4) is 0 Å². The lowest BCUT2D eigenvalue weighted by Crippen LogP contribution is -2.28. The average molecular weight is 245 g/mol. The fourth-order valence-electron chi connectivity index (χ4n) is 1.44. The number of ether oxygens (including phenoxy) is 1. The van der Waals surface area contributed by atoms with Gasteiger partial charge in [-0.05, 0) is 6.07 Å². The molecule has 2 heterocycles. The van der Waals surface area contributed by atoms with Gasteiger partial charge in [0.25, 0.3) is 0 Å². The maximum atomic E-state index is 11.5. The first kappa shape index (κ1) is 11.2. The Balaban J connectivity index is 2.27. The lowest BCUT2D eigenvalue weighted by atomic mass is 10.5. The minimum Gasteiger partial charge on any atom is -0.393 e. The van der Waals surface area contributed by atoms with Gasteiger partial charge < -0.3 is 15.6 Å². The number of aromatic nitrogens is 2. The summed E-state index contributed by atoms with van der Waals surface area (Å²) in [6.45, 7) is -0.333. The molecule has 0 amide bonds. The molecule has 7 nitrogen and oxygen atoms in total. The highest BCUT2D eigenvalue weighted by molar-refractivity contribution is 7.85. The zero-order valence-corrected chi connectivity index (χ0v) is 9.09. The first-order valence-corrected chi connectivity index (χ1v) is 5.98. The van der Waals surface area contributed by atoms with Gasteiger partial charge in [-0.3, -0.25) is 8.78 Å². The maximum Gasteiger partial charge on any atom is 0.351 e. The Labute approximate surface area is 93.3 Å².